The molecule has 23 N–H and O–H groups in total. The van der Waals surface area contributed by atoms with E-state index in [1.807, 2.05) is 62.4 Å². The highest BCUT2D eigenvalue weighted by molar-refractivity contribution is 7.98. The highest BCUT2D eigenvalue weighted by atomic mass is 32.2. The number of ketones is 5. The van der Waals surface area contributed by atoms with Crippen LogP contribution in [0.1, 0.15) is 161 Å². The van der Waals surface area contributed by atoms with Crippen molar-refractivity contribution in [1.82, 2.24) is 79.4 Å². The average molecular weight is 1950 g/mol. The average Bonchev–Trinajstić information content (AvgIpc) is 1.51. The molecule has 0 radical (unpaired) electrons. The normalized spacial score (nSPS) is 21.6. The predicted octanol–water partition coefficient (Wildman–Crippen LogP) is 1.57. The van der Waals surface area contributed by atoms with Crippen LogP contribution in [0.15, 0.2) is 134 Å². The van der Waals surface area contributed by atoms with E-state index in [0.717, 1.165) is 34.9 Å². The minimum absolute atomic E-state index is 0.0189. The molecule has 6 aromatic rings. The van der Waals surface area contributed by atoms with Crippen molar-refractivity contribution in [1.29, 1.82) is 0 Å². The maximum absolute atomic E-state index is 15.7. The smallest absolute Gasteiger partial charge is 0.303 e. The summed E-state index contributed by atoms with van der Waals surface area (Å²) in [5, 5.41) is 82.0. The van der Waals surface area contributed by atoms with Gasteiger partial charge in [-0.15, -0.1) is 0 Å². The molecule has 38 nitrogen and oxygen atoms in total. The number of para-hydroxylation sites is 1. The summed E-state index contributed by atoms with van der Waals surface area (Å²) in [5.41, 5.74) is 12.0. The van der Waals surface area contributed by atoms with Crippen LogP contribution in [0, 0.1) is 11.8 Å². The lowest BCUT2D eigenvalue weighted by Crippen LogP contribution is -2.66. The number of Topliss-reactive ketones (excluding diaryl/α,β-unsaturated/α-hetero) is 5. The SMILES string of the molecule is CC(=O)N[C@@H](CC(C)C)C(=O)N[C@H](C(=O)N[C@@H](Cc1ccccc1)C(=O)N[C@]1(C)CSCc2ccc(cc2)-c2ccc(cc2)CSC[C@@](C)(C(=O)N[C@@H](CO)C(=O)CN[C@@H](C)C(=O)CCN[C@@H](C)C(=O)CN)NC(=O)[C@H](CC2CCC2)NC(=O)[C@H](CCC(N)=O)NCN[C@@H](C)C(=O)CC(=O)[C@H](Cc2c[nH]c3ccccc23)NC(=O)[C@H](Cc2ccc(O)cc2)NC(=O)[C@H](CCC(=O)O)NC1=O)[C@@H](C)O. The minimum atomic E-state index is -2.14. The third-order valence-corrected chi connectivity index (χ3v) is 26.9. The number of aromatic nitrogens is 1. The molecule has 4 aliphatic rings. The Morgan fingerprint density at radius 1 is 0.580 bits per heavy atom. The van der Waals surface area contributed by atoms with Crippen molar-refractivity contribution < 1.29 is 102 Å². The lowest BCUT2D eigenvalue weighted by atomic mass is 9.80. The lowest BCUT2D eigenvalue weighted by Gasteiger charge is -2.35. The van der Waals surface area contributed by atoms with Crippen LogP contribution in [0.3, 0.4) is 0 Å². The number of carbonyl (C=O) groups is 17. The first-order chi connectivity index (χ1) is 65.5. The van der Waals surface area contributed by atoms with E-state index >= 15 is 33.6 Å². The second kappa shape index (κ2) is 54.3. The first-order valence-corrected chi connectivity index (χ1v) is 48.7. The molecule has 138 heavy (non-hydrogen) atoms. The third kappa shape index (κ3) is 35.1. The number of carboxylic acid groups (broad SMARTS) is 1. The molecule has 0 unspecified atom stereocenters. The molecule has 748 valence electrons. The number of nitrogens with one attached hydrogen (secondary N) is 15. The summed E-state index contributed by atoms with van der Waals surface area (Å²) in [7, 11) is 0. The van der Waals surface area contributed by atoms with Crippen molar-refractivity contribution in [3.63, 3.8) is 0 Å². The van der Waals surface area contributed by atoms with Crippen molar-refractivity contribution in [3.05, 3.63) is 161 Å². The molecule has 1 fully saturated rings. The summed E-state index contributed by atoms with van der Waals surface area (Å²) in [4.78, 5) is 245. The Morgan fingerprint density at radius 2 is 1.18 bits per heavy atom. The van der Waals surface area contributed by atoms with Crippen LogP contribution in [-0.4, -0.2) is 259 Å². The van der Waals surface area contributed by atoms with Gasteiger partial charge in [-0.05, 0) is 136 Å². The number of aromatic hydroxyl groups is 1. The molecule has 0 saturated heterocycles. The standard InChI is InChI=1S/C98H133N17O21S2/c1-55(2)40-75(106-60(7)118)91(131)113-87(59(6)117)94(134)110-78(41-61-16-11-10-12-17-61)93(133)115-97(8)52-137-50-64-22-28-66(29-23-64)67-30-24-65(25-31-67)51-138-53-98(9,96(136)112-79(49-116)84(124)48-102-56(3)80(120)38-39-101-58(5)83(123)46-99)114-92(132)77(42-62-18-15-19-62)109-88(128)72(34-36-85(100)125)105-54-104-57(4)81(121)45-82(122)74(44-68-47-103-71-21-14-13-20-70(68)71)107-90(130)76(43-63-26-32-69(119)33-27-63)108-89(129)73(111-95(97)135)35-37-86(126)127/h10-14,16-17,20-33,47,55-59,62,72-79,87,101-105,116-117,119H,15,18-19,34-46,48-54,99H2,1-9H3,(H2,100,125)(H,106,118)(H,107,130)(H,108,129)(H,109,128)(H,110,134)(H,111,135)(H,112,136)(H,113,131)(H,114,132)(H,115,133)(H,126,127)/t56-,57-,58-,59+,72-,73-,74-,75-,76-,77-,78-,79-,87-,97+,98-/m0/s1. The zero-order valence-electron chi connectivity index (χ0n) is 79.3. The molecule has 1 aliphatic carbocycles. The zero-order valence-corrected chi connectivity index (χ0v) is 81.0. The Kier molecular flexibility index (Phi) is 43.7. The summed E-state index contributed by atoms with van der Waals surface area (Å²) in [6.45, 7) is 11.6. The summed E-state index contributed by atoms with van der Waals surface area (Å²) in [5.74, 6) is -14.6. The van der Waals surface area contributed by atoms with Gasteiger partial charge in [0.05, 0.1) is 62.4 Å². The first-order valence-electron chi connectivity index (χ1n) is 46.4. The number of carbonyl (C=O) groups excluding carboxylic acids is 16. The van der Waals surface area contributed by atoms with E-state index in [1.54, 1.807) is 67.7 Å². The van der Waals surface area contributed by atoms with Crippen LogP contribution in [0.4, 0.5) is 0 Å². The van der Waals surface area contributed by atoms with Crippen molar-refractivity contribution in [3.8, 4) is 16.9 Å². The quantitative estimate of drug-likeness (QED) is 0.0245. The van der Waals surface area contributed by atoms with Gasteiger partial charge in [0.2, 0.25) is 65.0 Å². The fourth-order valence-corrected chi connectivity index (χ4v) is 17.9. The maximum atomic E-state index is 15.7. The van der Waals surface area contributed by atoms with Gasteiger partial charge in [-0.25, -0.2) is 0 Å². The number of phenolic OH excluding ortho intramolecular Hbond substituents is 1. The number of amides is 11. The molecule has 5 aromatic carbocycles. The number of hydrogen-bond acceptors (Lipinski definition) is 27. The van der Waals surface area contributed by atoms with Gasteiger partial charge >= 0.3 is 5.97 Å². The van der Waals surface area contributed by atoms with Gasteiger partial charge in [0, 0.05) is 98.8 Å². The lowest BCUT2D eigenvalue weighted by molar-refractivity contribution is -0.139. The van der Waals surface area contributed by atoms with E-state index in [-0.39, 0.29) is 123 Å². The molecule has 10 rings (SSSR count). The van der Waals surface area contributed by atoms with E-state index in [2.05, 4.69) is 79.4 Å². The summed E-state index contributed by atoms with van der Waals surface area (Å²) < 4.78 is 0. The van der Waals surface area contributed by atoms with Crippen LogP contribution in [0.2, 0.25) is 0 Å². The van der Waals surface area contributed by atoms with Gasteiger partial charge in [0.25, 0.3) is 0 Å². The number of H-pyrrole nitrogens is 1. The molecule has 40 heteroatoms. The number of aromatic amines is 1. The zero-order chi connectivity index (χ0) is 101. The number of carboxylic acids is 1. The van der Waals surface area contributed by atoms with Crippen LogP contribution >= 0.6 is 23.5 Å². The van der Waals surface area contributed by atoms with Crippen LogP contribution in [0.25, 0.3) is 22.0 Å². The highest BCUT2D eigenvalue weighted by Crippen LogP contribution is 2.32. The van der Waals surface area contributed by atoms with E-state index in [0.29, 0.717) is 46.0 Å². The molecule has 4 heterocycles. The van der Waals surface area contributed by atoms with Crippen LogP contribution < -0.4 is 85.9 Å². The fraction of sp³-hybridized carbons (Fsp3) is 0.500. The van der Waals surface area contributed by atoms with E-state index in [1.165, 1.54) is 77.6 Å². The number of phenols is 1. The number of aliphatic carboxylic acids is 1. The number of hydrogen-bond donors (Lipinski definition) is 21. The van der Waals surface area contributed by atoms with E-state index in [9.17, 15) is 68.4 Å². The van der Waals surface area contributed by atoms with Crippen molar-refractivity contribution >= 4 is 134 Å². The van der Waals surface area contributed by atoms with Crippen molar-refractivity contribution in [2.75, 3.05) is 44.4 Å². The molecular formula is C98H133N17O21S2. The molecular weight excluding hydrogens is 1820 g/mol. The number of rotatable bonds is 38. The highest BCUT2D eigenvalue weighted by Gasteiger charge is 2.44. The third-order valence-electron chi connectivity index (χ3n) is 24.3. The van der Waals surface area contributed by atoms with E-state index < -0.39 is 210 Å². The minimum Gasteiger partial charge on any atom is -0.508 e. The van der Waals surface area contributed by atoms with Crippen molar-refractivity contribution in [2.45, 2.75) is 253 Å². The Bertz CT molecular complexity index is 5220. The number of aliphatic hydroxyl groups excluding tert-OH is 2. The second-order valence-corrected chi connectivity index (χ2v) is 38.3. The molecule has 11 amide bonds. The largest absolute Gasteiger partial charge is 0.508 e. The summed E-state index contributed by atoms with van der Waals surface area (Å²) >= 11 is 2.37. The predicted molar refractivity (Wildman–Crippen MR) is 520 cm³/mol. The molecule has 0 spiro atoms. The Hall–Kier alpha value is -12.2. The topological polar surface area (TPSA) is 607 Å². The number of thioether (sulfide) groups is 2. The molecule has 15 atom stereocenters. The van der Waals surface area contributed by atoms with Gasteiger partial charge in [-0.3, -0.25) is 92.1 Å². The number of benzene rings is 5. The van der Waals surface area contributed by atoms with Gasteiger partial charge < -0.3 is 101 Å². The van der Waals surface area contributed by atoms with Crippen molar-refractivity contribution in [2.24, 2.45) is 23.3 Å². The fourth-order valence-electron chi connectivity index (χ4n) is 15.6. The Morgan fingerprint density at radius 3 is 1.78 bits per heavy atom. The van der Waals surface area contributed by atoms with Crippen LogP contribution in [0.5, 0.6) is 5.75 Å². The van der Waals surface area contributed by atoms with Gasteiger partial charge in [0.1, 0.15) is 59.1 Å². The molecule has 1 aromatic heterocycles. The van der Waals surface area contributed by atoms with Crippen LogP contribution in [-0.2, 0) is 112 Å². The first kappa shape index (κ1) is 111. The molecule has 3 aliphatic heterocycles. The number of nitrogens with two attached hydrogens (primary N) is 2. The maximum Gasteiger partial charge on any atom is 0.303 e. The number of fused-ring (bicyclic) bond motifs is 3. The second-order valence-electron chi connectivity index (χ2n) is 36.3. The van der Waals surface area contributed by atoms with E-state index in [4.69, 9.17) is 11.5 Å². The van der Waals surface area contributed by atoms with Gasteiger partial charge in [-0.2, -0.15) is 23.5 Å². The molecule has 4 bridgehead atoms. The Labute approximate surface area is 810 Å². The van der Waals surface area contributed by atoms with Gasteiger partial charge in [0.15, 0.2) is 28.9 Å². The number of aliphatic hydroxyl groups is 2. The summed E-state index contributed by atoms with van der Waals surface area (Å²) in [6, 6.07) is 19.3. The number of primary amides is 1. The summed E-state index contributed by atoms with van der Waals surface area (Å²) in [6.07, 6.45) is -1.28. The molecule has 1 saturated carbocycles. The monoisotopic (exact) mass is 1950 g/mol. The van der Waals surface area contributed by atoms with Gasteiger partial charge in [-0.1, -0.05) is 142 Å². The Balaban J connectivity index is 1.17.